The molecule has 0 aliphatic carbocycles. The van der Waals surface area contributed by atoms with Crippen LogP contribution >= 0.6 is 0 Å². The van der Waals surface area contributed by atoms with Gasteiger partial charge in [-0.1, -0.05) is 0 Å². The first-order valence-electron chi connectivity index (χ1n) is 4.66. The molecule has 80 valence electrons. The van der Waals surface area contributed by atoms with Gasteiger partial charge in [0.25, 0.3) is 0 Å². The summed E-state index contributed by atoms with van der Waals surface area (Å²) >= 11 is 0. The Hall–Kier alpha value is -1.71. The van der Waals surface area contributed by atoms with Gasteiger partial charge in [-0.3, -0.25) is 4.79 Å². The molecule has 0 spiro atoms. The van der Waals surface area contributed by atoms with Gasteiger partial charge in [-0.25, -0.2) is 0 Å². The van der Waals surface area contributed by atoms with E-state index in [-0.39, 0.29) is 18.1 Å². The number of benzene rings is 1. The lowest BCUT2D eigenvalue weighted by molar-refractivity contribution is -0.131. The lowest BCUT2D eigenvalue weighted by atomic mass is 10.0. The Kier molecular flexibility index (Phi) is 2.07. The van der Waals surface area contributed by atoms with Crippen molar-refractivity contribution < 1.29 is 19.4 Å². The van der Waals surface area contributed by atoms with Gasteiger partial charge in [0.1, 0.15) is 5.75 Å². The molecular weight excluding hydrogens is 196 g/mol. The number of ether oxygens (including phenoxy) is 2. The SMILES string of the molecule is COc1c(C)c(O)c(C)c2c1OC(=O)C2. The van der Waals surface area contributed by atoms with Crippen LogP contribution in [0.3, 0.4) is 0 Å². The molecule has 4 heteroatoms. The van der Waals surface area contributed by atoms with Crippen LogP contribution in [0, 0.1) is 13.8 Å². The molecule has 0 fully saturated rings. The molecule has 2 rings (SSSR count). The summed E-state index contributed by atoms with van der Waals surface area (Å²) in [6.07, 6.45) is 0.200. The maximum Gasteiger partial charge on any atom is 0.315 e. The van der Waals surface area contributed by atoms with Crippen LogP contribution in [0.5, 0.6) is 17.2 Å². The third-order valence-electron chi connectivity index (χ3n) is 2.73. The van der Waals surface area contributed by atoms with Gasteiger partial charge in [-0.05, 0) is 19.4 Å². The predicted octanol–water partition coefficient (Wildman–Crippen LogP) is 1.48. The van der Waals surface area contributed by atoms with Gasteiger partial charge in [0.15, 0.2) is 11.5 Å². The van der Waals surface area contributed by atoms with Crippen LogP contribution in [-0.4, -0.2) is 18.2 Å². The van der Waals surface area contributed by atoms with Gasteiger partial charge < -0.3 is 14.6 Å². The van der Waals surface area contributed by atoms with E-state index in [1.54, 1.807) is 13.8 Å². The van der Waals surface area contributed by atoms with Crippen LogP contribution < -0.4 is 9.47 Å². The summed E-state index contributed by atoms with van der Waals surface area (Å²) in [5.41, 5.74) is 2.01. The van der Waals surface area contributed by atoms with E-state index in [4.69, 9.17) is 9.47 Å². The third-order valence-corrected chi connectivity index (χ3v) is 2.73. The molecule has 0 atom stereocenters. The van der Waals surface area contributed by atoms with E-state index in [0.29, 0.717) is 22.6 Å². The minimum atomic E-state index is -0.309. The maximum absolute atomic E-state index is 11.2. The molecule has 1 aromatic carbocycles. The molecule has 0 aromatic heterocycles. The van der Waals surface area contributed by atoms with Crippen molar-refractivity contribution in [3.63, 3.8) is 0 Å². The van der Waals surface area contributed by atoms with Gasteiger partial charge in [0.05, 0.1) is 13.5 Å². The predicted molar refractivity (Wildman–Crippen MR) is 53.5 cm³/mol. The monoisotopic (exact) mass is 208 g/mol. The molecule has 15 heavy (non-hydrogen) atoms. The fourth-order valence-corrected chi connectivity index (χ4v) is 1.87. The highest BCUT2D eigenvalue weighted by atomic mass is 16.6. The lowest BCUT2D eigenvalue weighted by Gasteiger charge is -2.13. The minimum Gasteiger partial charge on any atom is -0.507 e. The first kappa shape index (κ1) is 9.83. The van der Waals surface area contributed by atoms with Crippen LogP contribution in [0.4, 0.5) is 0 Å². The van der Waals surface area contributed by atoms with Gasteiger partial charge in [0, 0.05) is 11.1 Å². The second kappa shape index (κ2) is 3.15. The highest BCUT2D eigenvalue weighted by molar-refractivity contribution is 5.85. The molecule has 0 saturated heterocycles. The van der Waals surface area contributed by atoms with E-state index in [9.17, 15) is 9.90 Å². The second-order valence-corrected chi connectivity index (χ2v) is 3.59. The van der Waals surface area contributed by atoms with Crippen LogP contribution in [-0.2, 0) is 11.2 Å². The van der Waals surface area contributed by atoms with Gasteiger partial charge in [-0.15, -0.1) is 0 Å². The molecule has 0 saturated carbocycles. The first-order valence-corrected chi connectivity index (χ1v) is 4.66. The molecule has 1 N–H and O–H groups in total. The zero-order valence-electron chi connectivity index (χ0n) is 8.88. The van der Waals surface area contributed by atoms with Crippen LogP contribution in [0.1, 0.15) is 16.7 Å². The Morgan fingerprint density at radius 1 is 1.33 bits per heavy atom. The van der Waals surface area contributed by atoms with Crippen molar-refractivity contribution in [1.82, 2.24) is 0 Å². The number of carbonyl (C=O) groups is 1. The van der Waals surface area contributed by atoms with E-state index in [0.717, 1.165) is 5.56 Å². The first-order chi connectivity index (χ1) is 7.06. The molecular formula is C11H12O4. The Morgan fingerprint density at radius 3 is 2.60 bits per heavy atom. The number of hydrogen-bond acceptors (Lipinski definition) is 4. The maximum atomic E-state index is 11.2. The zero-order chi connectivity index (χ0) is 11.2. The molecule has 0 radical (unpaired) electrons. The minimum absolute atomic E-state index is 0.170. The summed E-state index contributed by atoms with van der Waals surface area (Å²) in [6, 6.07) is 0. The summed E-state index contributed by atoms with van der Waals surface area (Å²) in [7, 11) is 1.49. The molecule has 1 aromatic rings. The van der Waals surface area contributed by atoms with E-state index >= 15 is 0 Å². The van der Waals surface area contributed by atoms with Crippen molar-refractivity contribution in [2.75, 3.05) is 7.11 Å². The van der Waals surface area contributed by atoms with Gasteiger partial charge in [-0.2, -0.15) is 0 Å². The highest BCUT2D eigenvalue weighted by Gasteiger charge is 2.29. The summed E-state index contributed by atoms with van der Waals surface area (Å²) in [5, 5.41) is 9.82. The van der Waals surface area contributed by atoms with Crippen molar-refractivity contribution in [1.29, 1.82) is 0 Å². The van der Waals surface area contributed by atoms with E-state index in [2.05, 4.69) is 0 Å². The van der Waals surface area contributed by atoms with Crippen molar-refractivity contribution in [3.05, 3.63) is 16.7 Å². The molecule has 1 heterocycles. The molecule has 1 aliphatic heterocycles. The zero-order valence-corrected chi connectivity index (χ0v) is 8.88. The fraction of sp³-hybridized carbons (Fsp3) is 0.364. The standard InChI is InChI=1S/C11H12O4/c1-5-7-4-8(12)15-11(7)10(14-3)6(2)9(5)13/h13H,4H2,1-3H3. The smallest absolute Gasteiger partial charge is 0.315 e. The molecule has 0 unspecified atom stereocenters. The quantitative estimate of drug-likeness (QED) is 0.561. The van der Waals surface area contributed by atoms with Crippen molar-refractivity contribution >= 4 is 5.97 Å². The van der Waals surface area contributed by atoms with Crippen LogP contribution in [0.25, 0.3) is 0 Å². The number of esters is 1. The number of aromatic hydroxyl groups is 1. The number of phenolic OH excluding ortho intramolecular Hbond substituents is 1. The Bertz CT molecular complexity index is 449. The average Bonchev–Trinajstić information content (AvgIpc) is 2.58. The highest BCUT2D eigenvalue weighted by Crippen LogP contribution is 2.45. The van der Waals surface area contributed by atoms with E-state index in [1.165, 1.54) is 7.11 Å². The molecule has 1 aliphatic rings. The second-order valence-electron chi connectivity index (χ2n) is 3.59. The third kappa shape index (κ3) is 1.25. The Labute approximate surface area is 87.4 Å². The molecule has 0 bridgehead atoms. The largest absolute Gasteiger partial charge is 0.507 e. The van der Waals surface area contributed by atoms with Crippen molar-refractivity contribution in [3.8, 4) is 17.2 Å². The summed E-state index contributed by atoms with van der Waals surface area (Å²) < 4.78 is 10.2. The van der Waals surface area contributed by atoms with E-state index in [1.807, 2.05) is 0 Å². The van der Waals surface area contributed by atoms with Crippen molar-refractivity contribution in [2.24, 2.45) is 0 Å². The Morgan fingerprint density at radius 2 is 2.00 bits per heavy atom. The number of phenols is 1. The normalized spacial score (nSPS) is 13.7. The van der Waals surface area contributed by atoms with E-state index < -0.39 is 0 Å². The number of hydrogen-bond donors (Lipinski definition) is 1. The summed E-state index contributed by atoms with van der Waals surface area (Å²) in [6.45, 7) is 3.50. The summed E-state index contributed by atoms with van der Waals surface area (Å²) in [4.78, 5) is 11.2. The summed E-state index contributed by atoms with van der Waals surface area (Å²) in [5.74, 6) is 0.759. The molecule has 0 amide bonds. The molecule has 4 nitrogen and oxygen atoms in total. The van der Waals surface area contributed by atoms with Gasteiger partial charge in [0.2, 0.25) is 0 Å². The Balaban J connectivity index is 2.75. The van der Waals surface area contributed by atoms with Gasteiger partial charge >= 0.3 is 5.97 Å². The number of carbonyl (C=O) groups excluding carboxylic acids is 1. The average molecular weight is 208 g/mol. The number of rotatable bonds is 1. The number of methoxy groups -OCH3 is 1. The van der Waals surface area contributed by atoms with Crippen LogP contribution in [0.2, 0.25) is 0 Å². The lowest BCUT2D eigenvalue weighted by Crippen LogP contribution is -2.01. The topological polar surface area (TPSA) is 55.8 Å². The van der Waals surface area contributed by atoms with Crippen molar-refractivity contribution in [2.45, 2.75) is 20.3 Å². The fourth-order valence-electron chi connectivity index (χ4n) is 1.87. The van der Waals surface area contributed by atoms with Crippen LogP contribution in [0.15, 0.2) is 0 Å². The number of fused-ring (bicyclic) bond motifs is 1.